The molecule has 0 heterocycles. The SMILES string of the molecule is COC(=O)N(C1c2ccccc2-c2ccccc21)[C@@H](Cc1ccc(Cl)c(Cl)c1)C(=O)O. The predicted molar refractivity (Wildman–Crippen MR) is 120 cm³/mol. The van der Waals surface area contributed by atoms with Gasteiger partial charge in [-0.15, -0.1) is 0 Å². The van der Waals surface area contributed by atoms with Crippen LogP contribution in [0.2, 0.25) is 10.0 Å². The lowest BCUT2D eigenvalue weighted by Crippen LogP contribution is -2.48. The molecule has 0 saturated carbocycles. The summed E-state index contributed by atoms with van der Waals surface area (Å²) in [7, 11) is 1.25. The van der Waals surface area contributed by atoms with Crippen molar-refractivity contribution < 1.29 is 19.4 Å². The van der Waals surface area contributed by atoms with Gasteiger partial charge in [-0.3, -0.25) is 4.90 Å². The number of carboxylic acids is 1. The highest BCUT2D eigenvalue weighted by Gasteiger charge is 2.42. The van der Waals surface area contributed by atoms with E-state index in [0.717, 1.165) is 22.3 Å². The lowest BCUT2D eigenvalue weighted by molar-refractivity contribution is -0.143. The minimum Gasteiger partial charge on any atom is -0.480 e. The highest BCUT2D eigenvalue weighted by molar-refractivity contribution is 6.42. The number of amides is 1. The van der Waals surface area contributed by atoms with Gasteiger partial charge >= 0.3 is 12.1 Å². The number of hydrogen-bond acceptors (Lipinski definition) is 3. The number of nitrogens with zero attached hydrogens (tertiary/aromatic N) is 1. The largest absolute Gasteiger partial charge is 0.480 e. The molecule has 1 aliphatic carbocycles. The van der Waals surface area contributed by atoms with Gasteiger partial charge in [0.25, 0.3) is 0 Å². The average molecular weight is 456 g/mol. The van der Waals surface area contributed by atoms with Crippen molar-refractivity contribution in [2.45, 2.75) is 18.5 Å². The second-order valence-corrected chi connectivity index (χ2v) is 8.08. The van der Waals surface area contributed by atoms with Gasteiger partial charge in [0.05, 0.1) is 23.2 Å². The Morgan fingerprint density at radius 3 is 2.06 bits per heavy atom. The Morgan fingerprint density at radius 1 is 0.968 bits per heavy atom. The monoisotopic (exact) mass is 455 g/mol. The number of methoxy groups -OCH3 is 1. The lowest BCUT2D eigenvalue weighted by atomic mass is 9.98. The van der Waals surface area contributed by atoms with E-state index >= 15 is 0 Å². The number of carboxylic acid groups (broad SMARTS) is 1. The third-order valence-corrected chi connectivity index (χ3v) is 6.24. The first-order chi connectivity index (χ1) is 14.9. The van der Waals surface area contributed by atoms with Crippen LogP contribution in [0, 0.1) is 0 Å². The molecule has 0 unspecified atom stereocenters. The zero-order valence-corrected chi connectivity index (χ0v) is 18.1. The van der Waals surface area contributed by atoms with E-state index in [-0.39, 0.29) is 6.42 Å². The molecule has 4 rings (SSSR count). The van der Waals surface area contributed by atoms with Crippen LogP contribution in [0.4, 0.5) is 4.79 Å². The summed E-state index contributed by atoms with van der Waals surface area (Å²) in [5, 5.41) is 10.8. The van der Waals surface area contributed by atoms with Crippen molar-refractivity contribution in [3.8, 4) is 11.1 Å². The number of benzene rings is 3. The maximum atomic E-state index is 13.0. The fourth-order valence-corrected chi connectivity index (χ4v) is 4.46. The molecule has 0 radical (unpaired) electrons. The fraction of sp³-hybridized carbons (Fsp3) is 0.167. The zero-order chi connectivity index (χ0) is 22.1. The second kappa shape index (κ2) is 8.61. The molecule has 1 aliphatic rings. The molecule has 0 saturated heterocycles. The van der Waals surface area contributed by atoms with Gasteiger partial charge in [0.15, 0.2) is 0 Å². The number of fused-ring (bicyclic) bond motifs is 3. The highest BCUT2D eigenvalue weighted by atomic mass is 35.5. The molecule has 1 atom stereocenters. The minimum atomic E-state index is -1.19. The maximum Gasteiger partial charge on any atom is 0.411 e. The molecule has 158 valence electrons. The van der Waals surface area contributed by atoms with E-state index in [4.69, 9.17) is 27.9 Å². The second-order valence-electron chi connectivity index (χ2n) is 7.26. The van der Waals surface area contributed by atoms with E-state index in [1.807, 2.05) is 48.5 Å². The van der Waals surface area contributed by atoms with Gasteiger partial charge in [-0.05, 0) is 39.9 Å². The summed E-state index contributed by atoms with van der Waals surface area (Å²) in [5.41, 5.74) is 4.30. The summed E-state index contributed by atoms with van der Waals surface area (Å²) >= 11 is 12.1. The standard InChI is InChI=1S/C24H19Cl2NO4/c1-31-24(30)27(21(23(28)29)13-14-10-11-19(25)20(26)12-14)22-17-8-4-2-6-15(17)16-7-3-5-9-18(16)22/h2-12,21-22H,13H2,1H3,(H,28,29)/t21-/m0/s1. The van der Waals surface area contributed by atoms with Crippen LogP contribution in [0.5, 0.6) is 0 Å². The lowest BCUT2D eigenvalue weighted by Gasteiger charge is -2.34. The summed E-state index contributed by atoms with van der Waals surface area (Å²) in [4.78, 5) is 26.7. The van der Waals surface area contributed by atoms with Gasteiger partial charge < -0.3 is 9.84 Å². The van der Waals surface area contributed by atoms with E-state index in [9.17, 15) is 14.7 Å². The van der Waals surface area contributed by atoms with Gasteiger partial charge in [-0.1, -0.05) is 77.8 Å². The molecular formula is C24H19Cl2NO4. The smallest absolute Gasteiger partial charge is 0.411 e. The molecule has 0 aromatic heterocycles. The Labute approximate surface area is 189 Å². The van der Waals surface area contributed by atoms with Crippen molar-refractivity contribution >= 4 is 35.3 Å². The summed E-state index contributed by atoms with van der Waals surface area (Å²) in [6.45, 7) is 0. The van der Waals surface area contributed by atoms with Crippen LogP contribution in [0.25, 0.3) is 11.1 Å². The third-order valence-electron chi connectivity index (χ3n) is 5.50. The molecule has 0 fully saturated rings. The van der Waals surface area contributed by atoms with Crippen LogP contribution in [-0.4, -0.2) is 35.2 Å². The molecule has 31 heavy (non-hydrogen) atoms. The third kappa shape index (κ3) is 3.87. The summed E-state index contributed by atoms with van der Waals surface area (Å²) in [5.74, 6) is -1.14. The van der Waals surface area contributed by atoms with Crippen molar-refractivity contribution in [2.24, 2.45) is 0 Å². The molecule has 7 heteroatoms. The quantitative estimate of drug-likeness (QED) is 0.525. The summed E-state index contributed by atoms with van der Waals surface area (Å²) < 4.78 is 5.04. The number of carbonyl (C=O) groups is 2. The highest BCUT2D eigenvalue weighted by Crippen LogP contribution is 2.47. The van der Waals surface area contributed by atoms with Crippen LogP contribution in [0.3, 0.4) is 0 Å². The number of aliphatic carboxylic acids is 1. The molecular weight excluding hydrogens is 437 g/mol. The zero-order valence-electron chi connectivity index (χ0n) is 16.6. The molecule has 1 N–H and O–H groups in total. The number of rotatable bonds is 5. The van der Waals surface area contributed by atoms with Crippen LogP contribution in [0.1, 0.15) is 22.7 Å². The van der Waals surface area contributed by atoms with Gasteiger partial charge in [-0.25, -0.2) is 9.59 Å². The molecule has 0 aliphatic heterocycles. The summed E-state index contributed by atoms with van der Waals surface area (Å²) in [6.07, 6.45) is -0.675. The van der Waals surface area contributed by atoms with E-state index < -0.39 is 24.1 Å². The van der Waals surface area contributed by atoms with E-state index in [1.54, 1.807) is 18.2 Å². The number of carbonyl (C=O) groups excluding carboxylic acids is 1. The van der Waals surface area contributed by atoms with Crippen molar-refractivity contribution in [2.75, 3.05) is 7.11 Å². The van der Waals surface area contributed by atoms with Crippen LogP contribution >= 0.6 is 23.2 Å². The van der Waals surface area contributed by atoms with E-state index in [0.29, 0.717) is 15.6 Å². The Hall–Kier alpha value is -3.02. The maximum absolute atomic E-state index is 13.0. The van der Waals surface area contributed by atoms with Gasteiger partial charge in [-0.2, -0.15) is 0 Å². The number of ether oxygens (including phenoxy) is 1. The van der Waals surface area contributed by atoms with Crippen molar-refractivity contribution in [1.82, 2.24) is 4.90 Å². The Balaban J connectivity index is 1.83. The van der Waals surface area contributed by atoms with Gasteiger partial charge in [0.1, 0.15) is 6.04 Å². The first-order valence-electron chi connectivity index (χ1n) is 9.63. The molecule has 3 aromatic rings. The molecule has 5 nitrogen and oxygen atoms in total. The van der Waals surface area contributed by atoms with Crippen LogP contribution in [-0.2, 0) is 16.0 Å². The Kier molecular flexibility index (Phi) is 5.90. The van der Waals surface area contributed by atoms with Gasteiger partial charge in [0, 0.05) is 6.42 Å². The van der Waals surface area contributed by atoms with Gasteiger partial charge in [0.2, 0.25) is 0 Å². The van der Waals surface area contributed by atoms with Crippen LogP contribution in [0.15, 0.2) is 66.7 Å². The topological polar surface area (TPSA) is 66.8 Å². The van der Waals surface area contributed by atoms with Crippen molar-refractivity contribution in [3.63, 3.8) is 0 Å². The fourth-order valence-electron chi connectivity index (χ4n) is 4.14. The normalized spacial score (nSPS) is 13.3. The average Bonchev–Trinajstić information content (AvgIpc) is 3.10. The first kappa shape index (κ1) is 21.2. The molecule has 0 bridgehead atoms. The Bertz CT molecular complexity index is 1120. The van der Waals surface area contributed by atoms with E-state index in [1.165, 1.54) is 12.0 Å². The van der Waals surface area contributed by atoms with Crippen molar-refractivity contribution in [1.29, 1.82) is 0 Å². The molecule has 1 amide bonds. The molecule has 3 aromatic carbocycles. The van der Waals surface area contributed by atoms with Crippen LogP contribution < -0.4 is 0 Å². The number of hydrogen-bond donors (Lipinski definition) is 1. The van der Waals surface area contributed by atoms with Crippen molar-refractivity contribution in [3.05, 3.63) is 93.5 Å². The van der Waals surface area contributed by atoms with E-state index in [2.05, 4.69) is 0 Å². The minimum absolute atomic E-state index is 0.0438. The number of halogens is 2. The Morgan fingerprint density at radius 2 is 1.55 bits per heavy atom. The predicted octanol–water partition coefficient (Wildman–Crippen LogP) is 5.83. The summed E-state index contributed by atoms with van der Waals surface area (Å²) in [6, 6.07) is 18.5. The molecule has 0 spiro atoms. The first-order valence-corrected chi connectivity index (χ1v) is 10.4.